The number of fused-ring (bicyclic) bond motifs is 1. The molecule has 1 aromatic heterocycles. The highest BCUT2D eigenvalue weighted by Crippen LogP contribution is 2.24. The van der Waals surface area contributed by atoms with Crippen LogP contribution in [0.3, 0.4) is 0 Å². The van der Waals surface area contributed by atoms with Gasteiger partial charge in [0.25, 0.3) is 0 Å². The minimum absolute atomic E-state index is 0.0114. The van der Waals surface area contributed by atoms with Crippen molar-refractivity contribution in [3.05, 3.63) is 34.7 Å². The van der Waals surface area contributed by atoms with Crippen LogP contribution in [0.15, 0.2) is 38.6 Å². The predicted molar refractivity (Wildman–Crippen MR) is 60.8 cm³/mol. The molecule has 15 heavy (non-hydrogen) atoms. The normalized spacial score (nSPS) is 10.5. The average Bonchev–Trinajstić information content (AvgIpc) is 2.29. The van der Waals surface area contributed by atoms with Crippen LogP contribution in [0.5, 0.6) is 5.75 Å². The molecule has 0 radical (unpaired) electrons. The molecule has 0 fully saturated rings. The Morgan fingerprint density at radius 3 is 2.87 bits per heavy atom. The van der Waals surface area contributed by atoms with Crippen LogP contribution >= 0.6 is 11.8 Å². The zero-order chi connectivity index (χ0) is 10.8. The summed E-state index contributed by atoms with van der Waals surface area (Å²) < 4.78 is 10.5. The monoisotopic (exact) mass is 222 g/mol. The highest BCUT2D eigenvalue weighted by Gasteiger charge is 2.09. The van der Waals surface area contributed by atoms with Gasteiger partial charge in [-0.25, -0.2) is 0 Å². The fraction of sp³-hybridized carbons (Fsp3) is 0.182. The summed E-state index contributed by atoms with van der Waals surface area (Å²) in [4.78, 5) is 12.5. The minimum atomic E-state index is -0.0114. The van der Waals surface area contributed by atoms with E-state index in [-0.39, 0.29) is 5.43 Å². The lowest BCUT2D eigenvalue weighted by Gasteiger charge is -2.03. The summed E-state index contributed by atoms with van der Waals surface area (Å²) in [5, 5.41) is 0.557. The van der Waals surface area contributed by atoms with Crippen molar-refractivity contribution in [1.82, 2.24) is 0 Å². The van der Waals surface area contributed by atoms with Crippen LogP contribution in [0.2, 0.25) is 0 Å². The topological polar surface area (TPSA) is 39.4 Å². The first-order valence-corrected chi connectivity index (χ1v) is 5.63. The maximum atomic E-state index is 11.9. The van der Waals surface area contributed by atoms with Crippen molar-refractivity contribution in [1.29, 1.82) is 0 Å². The molecule has 0 aliphatic heterocycles. The Bertz CT molecular complexity index is 545. The molecular formula is C11H10O3S. The maximum absolute atomic E-state index is 11.9. The molecule has 2 aromatic rings. The highest BCUT2D eigenvalue weighted by molar-refractivity contribution is 7.98. The molecule has 1 heterocycles. The summed E-state index contributed by atoms with van der Waals surface area (Å²) in [5.74, 6) is 0.581. The van der Waals surface area contributed by atoms with E-state index in [9.17, 15) is 4.79 Å². The minimum Gasteiger partial charge on any atom is -0.493 e. The van der Waals surface area contributed by atoms with E-state index in [1.165, 1.54) is 18.0 Å². The quantitative estimate of drug-likeness (QED) is 0.732. The Hall–Kier alpha value is -1.42. The van der Waals surface area contributed by atoms with Crippen molar-refractivity contribution >= 4 is 22.7 Å². The van der Waals surface area contributed by atoms with E-state index in [1.54, 1.807) is 25.3 Å². The van der Waals surface area contributed by atoms with Crippen molar-refractivity contribution < 1.29 is 9.15 Å². The standard InChI is InChI=1S/C11H10O3S/c1-13-8-5-3-4-7-10(12)9(15-2)6-14-11(7)8/h3-6H,1-2H3. The van der Waals surface area contributed by atoms with E-state index in [1.807, 2.05) is 6.26 Å². The Balaban J connectivity index is 2.84. The fourth-order valence-corrected chi connectivity index (χ4v) is 1.86. The summed E-state index contributed by atoms with van der Waals surface area (Å²) in [7, 11) is 1.55. The summed E-state index contributed by atoms with van der Waals surface area (Å²) in [6, 6.07) is 5.29. The Kier molecular flexibility index (Phi) is 2.68. The Labute approximate surface area is 91.0 Å². The highest BCUT2D eigenvalue weighted by atomic mass is 32.2. The molecular weight excluding hydrogens is 212 g/mol. The van der Waals surface area contributed by atoms with Crippen LogP contribution < -0.4 is 10.2 Å². The third kappa shape index (κ3) is 1.61. The summed E-state index contributed by atoms with van der Waals surface area (Å²) in [5.41, 5.74) is 0.491. The van der Waals surface area contributed by atoms with Crippen molar-refractivity contribution in [2.75, 3.05) is 13.4 Å². The number of hydrogen-bond donors (Lipinski definition) is 0. The second-order valence-corrected chi connectivity index (χ2v) is 3.82. The Morgan fingerprint density at radius 2 is 2.20 bits per heavy atom. The number of thioether (sulfide) groups is 1. The number of benzene rings is 1. The van der Waals surface area contributed by atoms with Gasteiger partial charge in [-0.15, -0.1) is 11.8 Å². The molecule has 78 valence electrons. The van der Waals surface area contributed by atoms with Gasteiger partial charge >= 0.3 is 0 Å². The molecule has 1 aromatic carbocycles. The van der Waals surface area contributed by atoms with E-state index < -0.39 is 0 Å². The summed E-state index contributed by atoms with van der Waals surface area (Å²) in [6.45, 7) is 0. The lowest BCUT2D eigenvalue weighted by molar-refractivity contribution is 0.408. The van der Waals surface area contributed by atoms with E-state index in [2.05, 4.69) is 0 Å². The van der Waals surface area contributed by atoms with Crippen molar-refractivity contribution in [3.63, 3.8) is 0 Å². The van der Waals surface area contributed by atoms with E-state index >= 15 is 0 Å². The van der Waals surface area contributed by atoms with Crippen LogP contribution in [0.25, 0.3) is 11.0 Å². The Morgan fingerprint density at radius 1 is 1.40 bits per heavy atom. The van der Waals surface area contributed by atoms with Crippen LogP contribution in [0.1, 0.15) is 0 Å². The second-order valence-electron chi connectivity index (χ2n) is 2.97. The third-order valence-electron chi connectivity index (χ3n) is 2.17. The van der Waals surface area contributed by atoms with Gasteiger partial charge in [-0.2, -0.15) is 0 Å². The molecule has 0 amide bonds. The first kappa shape index (κ1) is 10.1. The van der Waals surface area contributed by atoms with Crippen LogP contribution in [0, 0.1) is 0 Å². The van der Waals surface area contributed by atoms with E-state index in [0.717, 1.165) is 0 Å². The van der Waals surface area contributed by atoms with Gasteiger partial charge in [-0.3, -0.25) is 4.79 Å². The van der Waals surface area contributed by atoms with Crippen molar-refractivity contribution in [2.45, 2.75) is 4.90 Å². The molecule has 0 saturated heterocycles. The summed E-state index contributed by atoms with van der Waals surface area (Å²) >= 11 is 1.38. The molecule has 3 nitrogen and oxygen atoms in total. The van der Waals surface area contributed by atoms with Gasteiger partial charge in [0.15, 0.2) is 11.3 Å². The zero-order valence-electron chi connectivity index (χ0n) is 8.44. The molecule has 0 unspecified atom stereocenters. The number of methoxy groups -OCH3 is 1. The molecule has 4 heteroatoms. The van der Waals surface area contributed by atoms with Gasteiger partial charge in [0.1, 0.15) is 6.26 Å². The lowest BCUT2D eigenvalue weighted by atomic mass is 10.2. The van der Waals surface area contributed by atoms with Gasteiger partial charge in [0.2, 0.25) is 5.43 Å². The third-order valence-corrected chi connectivity index (χ3v) is 2.89. The number of para-hydroxylation sites is 1. The number of ether oxygens (including phenoxy) is 1. The number of hydrogen-bond acceptors (Lipinski definition) is 4. The van der Waals surface area contributed by atoms with Crippen LogP contribution in [-0.4, -0.2) is 13.4 Å². The molecule has 0 aliphatic carbocycles. The smallest absolute Gasteiger partial charge is 0.206 e. The zero-order valence-corrected chi connectivity index (χ0v) is 9.26. The van der Waals surface area contributed by atoms with Gasteiger partial charge in [-0.1, -0.05) is 6.07 Å². The average molecular weight is 222 g/mol. The molecule has 0 saturated carbocycles. The van der Waals surface area contributed by atoms with Gasteiger partial charge in [-0.05, 0) is 18.4 Å². The fourth-order valence-electron chi connectivity index (χ4n) is 1.42. The van der Waals surface area contributed by atoms with Crippen LogP contribution in [-0.2, 0) is 0 Å². The van der Waals surface area contributed by atoms with E-state index in [0.29, 0.717) is 21.6 Å². The van der Waals surface area contributed by atoms with Crippen molar-refractivity contribution in [2.24, 2.45) is 0 Å². The SMILES string of the molecule is COc1cccc2c(=O)c(SC)coc12. The predicted octanol–water partition coefficient (Wildman–Crippen LogP) is 2.52. The molecule has 0 atom stereocenters. The maximum Gasteiger partial charge on any atom is 0.206 e. The van der Waals surface area contributed by atoms with Gasteiger partial charge in [0.05, 0.1) is 17.4 Å². The molecule has 0 bridgehead atoms. The lowest BCUT2D eigenvalue weighted by Crippen LogP contribution is -2.03. The molecule has 0 N–H and O–H groups in total. The molecule has 0 aliphatic rings. The first-order chi connectivity index (χ1) is 7.27. The van der Waals surface area contributed by atoms with Gasteiger partial charge in [0, 0.05) is 0 Å². The van der Waals surface area contributed by atoms with Gasteiger partial charge < -0.3 is 9.15 Å². The van der Waals surface area contributed by atoms with Crippen molar-refractivity contribution in [3.8, 4) is 5.75 Å². The first-order valence-electron chi connectivity index (χ1n) is 4.40. The molecule has 2 rings (SSSR count). The van der Waals surface area contributed by atoms with E-state index in [4.69, 9.17) is 9.15 Å². The summed E-state index contributed by atoms with van der Waals surface area (Å²) in [6.07, 6.45) is 3.32. The molecule has 0 spiro atoms. The largest absolute Gasteiger partial charge is 0.493 e. The number of rotatable bonds is 2. The van der Waals surface area contributed by atoms with Crippen LogP contribution in [0.4, 0.5) is 0 Å². The second kappa shape index (κ2) is 3.98.